The van der Waals surface area contributed by atoms with Crippen LogP contribution in [0.3, 0.4) is 0 Å². The molecule has 1 rings (SSSR count). The fourth-order valence-electron chi connectivity index (χ4n) is 0.754. The summed E-state index contributed by atoms with van der Waals surface area (Å²) >= 11 is 5.72. The summed E-state index contributed by atoms with van der Waals surface area (Å²) in [4.78, 5) is 10.4. The summed E-state index contributed by atoms with van der Waals surface area (Å²) < 4.78 is 0. The summed E-state index contributed by atoms with van der Waals surface area (Å²) in [6.45, 7) is 1.40. The lowest BCUT2D eigenvalue weighted by molar-refractivity contribution is -0.129. The maximum Gasteiger partial charge on any atom is 0.351 e. The van der Waals surface area contributed by atoms with Crippen LogP contribution in [-0.4, -0.2) is 16.8 Å². The Hall–Kier alpha value is -1.55. The monoisotopic (exact) mass is 212 g/mol. The van der Waals surface area contributed by atoms with Crippen molar-refractivity contribution in [1.82, 2.24) is 0 Å². The molecule has 14 heavy (non-hydrogen) atoms. The van der Waals surface area contributed by atoms with Crippen LogP contribution >= 0.6 is 11.6 Å². The molecule has 0 radical (unpaired) electrons. The van der Waals surface area contributed by atoms with Crippen molar-refractivity contribution in [2.45, 2.75) is 6.92 Å². The van der Waals surface area contributed by atoms with E-state index in [1.807, 2.05) is 0 Å². The summed E-state index contributed by atoms with van der Waals surface area (Å²) in [6, 6.07) is 6.86. The van der Waals surface area contributed by atoms with Gasteiger partial charge in [0.2, 0.25) is 0 Å². The minimum absolute atomic E-state index is 0.00928. The first-order valence-corrected chi connectivity index (χ1v) is 4.26. The van der Waals surface area contributed by atoms with Crippen LogP contribution < -0.4 is 5.43 Å². The number of hydrogen-bond acceptors (Lipinski definition) is 3. The molecule has 5 heteroatoms. The van der Waals surface area contributed by atoms with E-state index in [9.17, 15) is 4.79 Å². The second-order valence-electron chi connectivity index (χ2n) is 2.62. The predicted octanol–water partition coefficient (Wildman–Crippen LogP) is 2.21. The molecule has 0 fully saturated rings. The molecule has 4 nitrogen and oxygen atoms in total. The van der Waals surface area contributed by atoms with Crippen LogP contribution in [0.15, 0.2) is 29.4 Å². The third-order valence-corrected chi connectivity index (χ3v) is 1.72. The van der Waals surface area contributed by atoms with Crippen LogP contribution in [0.5, 0.6) is 0 Å². The number of benzene rings is 1. The molecule has 0 unspecified atom stereocenters. The third-order valence-electron chi connectivity index (χ3n) is 1.49. The number of carboxylic acid groups (broad SMARTS) is 1. The van der Waals surface area contributed by atoms with Gasteiger partial charge in [0.15, 0.2) is 0 Å². The molecule has 0 amide bonds. The maximum atomic E-state index is 10.4. The number of nitrogens with one attached hydrogen (secondary N) is 1. The normalized spacial score (nSPS) is 11.1. The Kier molecular flexibility index (Phi) is 3.48. The van der Waals surface area contributed by atoms with Crippen LogP contribution in [0.25, 0.3) is 0 Å². The zero-order valence-electron chi connectivity index (χ0n) is 7.49. The predicted molar refractivity (Wildman–Crippen MR) is 55.8 cm³/mol. The van der Waals surface area contributed by atoms with Crippen molar-refractivity contribution < 1.29 is 9.90 Å². The fraction of sp³-hybridized carbons (Fsp3) is 0.111. The molecule has 0 aliphatic heterocycles. The highest BCUT2D eigenvalue weighted by molar-refractivity contribution is 6.34. The quantitative estimate of drug-likeness (QED) is 0.597. The molecule has 74 valence electrons. The van der Waals surface area contributed by atoms with Crippen molar-refractivity contribution in [3.63, 3.8) is 0 Å². The van der Waals surface area contributed by atoms with E-state index in [4.69, 9.17) is 16.7 Å². The lowest BCUT2D eigenvalue weighted by Crippen LogP contribution is -2.10. The minimum Gasteiger partial charge on any atom is -0.477 e. The Morgan fingerprint density at radius 2 is 2.29 bits per heavy atom. The molecule has 0 aliphatic rings. The lowest BCUT2D eigenvalue weighted by atomic mass is 10.3. The van der Waals surface area contributed by atoms with Gasteiger partial charge in [0.1, 0.15) is 5.71 Å². The Labute approximate surface area is 86.2 Å². The summed E-state index contributed by atoms with van der Waals surface area (Å²) in [5, 5.41) is 12.7. The van der Waals surface area contributed by atoms with Crippen molar-refractivity contribution in [2.75, 3.05) is 5.43 Å². The topological polar surface area (TPSA) is 61.7 Å². The van der Waals surface area contributed by atoms with Gasteiger partial charge in [-0.1, -0.05) is 17.7 Å². The van der Waals surface area contributed by atoms with Gasteiger partial charge in [-0.2, -0.15) is 5.10 Å². The summed E-state index contributed by atoms with van der Waals surface area (Å²) in [5.74, 6) is -1.06. The molecule has 0 atom stereocenters. The number of halogens is 1. The number of carboxylic acids is 1. The average molecular weight is 213 g/mol. The number of nitrogens with zero attached hydrogens (tertiary/aromatic N) is 1. The molecule has 0 aliphatic carbocycles. The number of aliphatic carboxylic acids is 1. The molecule has 2 N–H and O–H groups in total. The van der Waals surface area contributed by atoms with Crippen LogP contribution in [-0.2, 0) is 4.79 Å². The number of hydrogen-bond donors (Lipinski definition) is 2. The van der Waals surface area contributed by atoms with Gasteiger partial charge in [0.05, 0.1) is 5.69 Å². The van der Waals surface area contributed by atoms with E-state index in [2.05, 4.69) is 10.5 Å². The van der Waals surface area contributed by atoms with Crippen molar-refractivity contribution in [2.24, 2.45) is 5.10 Å². The highest BCUT2D eigenvalue weighted by atomic mass is 35.5. The van der Waals surface area contributed by atoms with Gasteiger partial charge in [0.25, 0.3) is 0 Å². The number of carbonyl (C=O) groups is 1. The van der Waals surface area contributed by atoms with Crippen LogP contribution in [0.1, 0.15) is 6.92 Å². The summed E-state index contributed by atoms with van der Waals surface area (Å²) in [5.41, 5.74) is 3.23. The first-order valence-electron chi connectivity index (χ1n) is 3.89. The molecular formula is C9H9ClN2O2. The molecule has 1 aromatic carbocycles. The van der Waals surface area contributed by atoms with Crippen LogP contribution in [0, 0.1) is 0 Å². The van der Waals surface area contributed by atoms with Gasteiger partial charge in [-0.15, -0.1) is 0 Å². The Bertz CT molecular complexity index is 377. The van der Waals surface area contributed by atoms with E-state index in [-0.39, 0.29) is 5.71 Å². The van der Waals surface area contributed by atoms with Gasteiger partial charge in [0, 0.05) is 5.02 Å². The molecule has 0 aromatic heterocycles. The number of hydrazone groups is 1. The third kappa shape index (κ3) is 3.06. The zero-order valence-corrected chi connectivity index (χ0v) is 8.25. The highest BCUT2D eigenvalue weighted by Gasteiger charge is 2.00. The molecule has 1 aromatic rings. The first kappa shape index (κ1) is 10.5. The zero-order chi connectivity index (χ0) is 10.6. The Balaban J connectivity index is 2.71. The second kappa shape index (κ2) is 4.62. The summed E-state index contributed by atoms with van der Waals surface area (Å²) in [6.07, 6.45) is 0. The second-order valence-corrected chi connectivity index (χ2v) is 3.06. The Morgan fingerprint density at radius 3 is 2.86 bits per heavy atom. The van der Waals surface area contributed by atoms with Gasteiger partial charge in [-0.3, -0.25) is 5.43 Å². The van der Waals surface area contributed by atoms with Crippen molar-refractivity contribution >= 4 is 29.0 Å². The van der Waals surface area contributed by atoms with Gasteiger partial charge >= 0.3 is 5.97 Å². The van der Waals surface area contributed by atoms with E-state index < -0.39 is 5.97 Å². The van der Waals surface area contributed by atoms with Gasteiger partial charge in [-0.25, -0.2) is 4.79 Å². The molecule has 0 spiro atoms. The minimum atomic E-state index is -1.06. The lowest BCUT2D eigenvalue weighted by Gasteiger charge is -2.00. The van der Waals surface area contributed by atoms with E-state index in [0.717, 1.165) is 0 Å². The number of rotatable bonds is 3. The molecule has 0 bridgehead atoms. The standard InChI is InChI=1S/C9H9ClN2O2/c1-6(9(13)14)11-12-8-4-2-3-7(10)5-8/h2-5,12H,1H3,(H,13,14). The van der Waals surface area contributed by atoms with E-state index in [0.29, 0.717) is 10.7 Å². The highest BCUT2D eigenvalue weighted by Crippen LogP contribution is 2.14. The average Bonchev–Trinajstić information content (AvgIpc) is 2.14. The smallest absolute Gasteiger partial charge is 0.351 e. The molecular weight excluding hydrogens is 204 g/mol. The van der Waals surface area contributed by atoms with Crippen LogP contribution in [0.2, 0.25) is 5.02 Å². The van der Waals surface area contributed by atoms with Crippen molar-refractivity contribution in [3.8, 4) is 0 Å². The maximum absolute atomic E-state index is 10.4. The van der Waals surface area contributed by atoms with Gasteiger partial charge in [-0.05, 0) is 25.1 Å². The van der Waals surface area contributed by atoms with E-state index in [1.54, 1.807) is 24.3 Å². The Morgan fingerprint density at radius 1 is 1.57 bits per heavy atom. The van der Waals surface area contributed by atoms with E-state index >= 15 is 0 Å². The fourth-order valence-corrected chi connectivity index (χ4v) is 0.945. The van der Waals surface area contributed by atoms with Crippen molar-refractivity contribution in [1.29, 1.82) is 0 Å². The largest absolute Gasteiger partial charge is 0.477 e. The molecule has 0 saturated heterocycles. The van der Waals surface area contributed by atoms with Crippen molar-refractivity contribution in [3.05, 3.63) is 29.3 Å². The SMILES string of the molecule is CC(=NNc1cccc(Cl)c1)C(=O)O. The van der Waals surface area contributed by atoms with Crippen LogP contribution in [0.4, 0.5) is 5.69 Å². The first-order chi connectivity index (χ1) is 6.59. The molecule has 0 saturated carbocycles. The summed E-state index contributed by atoms with van der Waals surface area (Å²) in [7, 11) is 0. The number of anilines is 1. The molecule has 0 heterocycles. The van der Waals surface area contributed by atoms with Gasteiger partial charge < -0.3 is 5.11 Å². The van der Waals surface area contributed by atoms with E-state index in [1.165, 1.54) is 6.92 Å².